The van der Waals surface area contributed by atoms with Gasteiger partial charge in [0, 0.05) is 12.6 Å². The monoisotopic (exact) mass is 523 g/mol. The summed E-state index contributed by atoms with van der Waals surface area (Å²) in [6, 6.07) is 24.2. The molecule has 0 bridgehead atoms. The van der Waals surface area contributed by atoms with E-state index in [0.717, 1.165) is 32.3 Å². The number of aliphatic hydroxyl groups excluding tert-OH is 1. The summed E-state index contributed by atoms with van der Waals surface area (Å²) in [5, 5.41) is 13.3. The number of rotatable bonds is 4. The lowest BCUT2D eigenvalue weighted by Gasteiger charge is -2.26. The van der Waals surface area contributed by atoms with Gasteiger partial charge < -0.3 is 10.4 Å². The highest BCUT2D eigenvalue weighted by Crippen LogP contribution is 2.41. The Balaban J connectivity index is 1.42. The summed E-state index contributed by atoms with van der Waals surface area (Å²) in [4.78, 5) is 17.4. The fourth-order valence-electron chi connectivity index (χ4n) is 3.78. The number of carbonyl (C=O) groups is 1. The van der Waals surface area contributed by atoms with E-state index in [2.05, 4.69) is 10.3 Å². The maximum Gasteiger partial charge on any atom is 0.278 e. The minimum atomic E-state index is -4.04. The molecule has 0 saturated carbocycles. The molecule has 4 aromatic rings. The van der Waals surface area contributed by atoms with Crippen LogP contribution in [0.1, 0.15) is 4.88 Å². The molecular weight excluding hydrogens is 506 g/mol. The normalized spacial score (nSPS) is 14.5. The van der Waals surface area contributed by atoms with Crippen LogP contribution in [0.2, 0.25) is 4.34 Å². The van der Waals surface area contributed by atoms with Crippen LogP contribution in [-0.2, 0) is 14.8 Å². The van der Waals surface area contributed by atoms with Crippen molar-refractivity contribution in [3.63, 3.8) is 0 Å². The average Bonchev–Trinajstić information content (AvgIpc) is 3.27. The van der Waals surface area contributed by atoms with Crippen molar-refractivity contribution < 1.29 is 18.3 Å². The Labute approximate surface area is 211 Å². The van der Waals surface area contributed by atoms with Crippen molar-refractivity contribution in [1.82, 2.24) is 9.29 Å². The van der Waals surface area contributed by atoms with Gasteiger partial charge in [-0.3, -0.25) is 9.10 Å². The van der Waals surface area contributed by atoms with Gasteiger partial charge in [-0.1, -0.05) is 72.3 Å². The van der Waals surface area contributed by atoms with Gasteiger partial charge in [0.05, 0.1) is 14.9 Å². The van der Waals surface area contributed by atoms with E-state index >= 15 is 0 Å². The highest BCUT2D eigenvalue weighted by Gasteiger charge is 2.39. The molecule has 3 heterocycles. The number of hydrogen-bond acceptors (Lipinski definition) is 6. The quantitative estimate of drug-likeness (QED) is 0.361. The first-order chi connectivity index (χ1) is 16.8. The van der Waals surface area contributed by atoms with Gasteiger partial charge in [-0.15, -0.1) is 11.3 Å². The van der Waals surface area contributed by atoms with Gasteiger partial charge in [0.1, 0.15) is 10.7 Å². The molecule has 1 amide bonds. The zero-order valence-electron chi connectivity index (χ0n) is 18.3. The first-order valence-corrected chi connectivity index (χ1v) is 13.1. The van der Waals surface area contributed by atoms with Gasteiger partial charge in [0.2, 0.25) is 0 Å². The molecule has 2 aromatic carbocycles. The molecule has 0 radical (unpaired) electrons. The Bertz CT molecular complexity index is 1580. The fraction of sp³-hybridized carbons (Fsp3) is 0.0400. The molecule has 5 rings (SSSR count). The van der Waals surface area contributed by atoms with Crippen LogP contribution in [0.3, 0.4) is 0 Å². The Morgan fingerprint density at radius 3 is 2.34 bits per heavy atom. The SMILES string of the molecule is CN1C(C(=O)Nc2cccc(-c3ccc(-c4ccccc4)cc3)n2)=C(O)c2sc(Cl)cc2S1(=O)=O. The van der Waals surface area contributed by atoms with Gasteiger partial charge in [0.15, 0.2) is 11.5 Å². The zero-order valence-corrected chi connectivity index (χ0v) is 20.7. The van der Waals surface area contributed by atoms with Crippen molar-refractivity contribution in [2.24, 2.45) is 0 Å². The largest absolute Gasteiger partial charge is 0.504 e. The first kappa shape index (κ1) is 23.1. The molecule has 1 aliphatic rings. The number of fused-ring (bicyclic) bond motifs is 1. The lowest BCUT2D eigenvalue weighted by atomic mass is 10.0. The molecule has 1 aliphatic heterocycles. The molecule has 0 atom stereocenters. The summed E-state index contributed by atoms with van der Waals surface area (Å²) < 4.78 is 26.6. The Morgan fingerprint density at radius 1 is 0.971 bits per heavy atom. The van der Waals surface area contributed by atoms with Crippen molar-refractivity contribution in [3.05, 3.63) is 93.8 Å². The minimum absolute atomic E-state index is 0.0264. The number of nitrogens with zero attached hydrogens (tertiary/aromatic N) is 2. The smallest absolute Gasteiger partial charge is 0.278 e. The number of hydrogen-bond donors (Lipinski definition) is 2. The van der Waals surface area contributed by atoms with Crippen LogP contribution in [-0.4, -0.2) is 35.8 Å². The number of likely N-dealkylation sites (N-methyl/N-ethyl adjacent to an activating group) is 1. The first-order valence-electron chi connectivity index (χ1n) is 10.4. The van der Waals surface area contributed by atoms with E-state index in [1.165, 1.54) is 13.1 Å². The molecule has 35 heavy (non-hydrogen) atoms. The number of nitrogens with one attached hydrogen (secondary N) is 1. The number of anilines is 1. The fourth-order valence-corrected chi connectivity index (χ4v) is 6.73. The molecule has 0 spiro atoms. The second-order valence-electron chi connectivity index (χ2n) is 7.72. The van der Waals surface area contributed by atoms with E-state index in [9.17, 15) is 18.3 Å². The molecule has 10 heteroatoms. The number of thiophene rings is 1. The van der Waals surface area contributed by atoms with Crippen molar-refractivity contribution in [2.75, 3.05) is 12.4 Å². The number of pyridine rings is 1. The number of benzene rings is 2. The number of sulfonamides is 1. The van der Waals surface area contributed by atoms with Crippen LogP contribution in [0.5, 0.6) is 0 Å². The van der Waals surface area contributed by atoms with E-state index in [0.29, 0.717) is 5.69 Å². The third-order valence-electron chi connectivity index (χ3n) is 5.55. The second kappa shape index (κ2) is 8.84. The van der Waals surface area contributed by atoms with Gasteiger partial charge in [-0.25, -0.2) is 13.4 Å². The van der Waals surface area contributed by atoms with Gasteiger partial charge >= 0.3 is 0 Å². The minimum Gasteiger partial charge on any atom is -0.504 e. The molecule has 0 unspecified atom stereocenters. The summed E-state index contributed by atoms with van der Waals surface area (Å²) in [6.45, 7) is 0. The Hall–Kier alpha value is -3.66. The van der Waals surface area contributed by atoms with Crippen LogP contribution in [0, 0.1) is 0 Å². The Kier molecular flexibility index (Phi) is 5.84. The number of aromatic nitrogens is 1. The highest BCUT2D eigenvalue weighted by atomic mass is 35.5. The molecule has 2 N–H and O–H groups in total. The van der Waals surface area contributed by atoms with Crippen molar-refractivity contribution in [2.45, 2.75) is 4.90 Å². The van der Waals surface area contributed by atoms with Crippen molar-refractivity contribution in [1.29, 1.82) is 0 Å². The summed E-state index contributed by atoms with van der Waals surface area (Å²) >= 11 is 6.85. The maximum atomic E-state index is 13.0. The van der Waals surface area contributed by atoms with Crippen LogP contribution in [0.25, 0.3) is 28.1 Å². The molecular formula is C25H18ClN3O4S2. The molecule has 2 aromatic heterocycles. The molecule has 176 valence electrons. The van der Waals surface area contributed by atoms with Crippen LogP contribution in [0.15, 0.2) is 89.5 Å². The van der Waals surface area contributed by atoms with E-state index in [4.69, 9.17) is 11.6 Å². The molecule has 0 saturated heterocycles. The standard InChI is InChI=1S/C25H18ClN3O4S2/c1-29-22(23(30)24-19(35(29,32)33)14-20(26)34-24)25(31)28-21-9-5-8-18(27-21)17-12-10-16(11-13-17)15-6-3-2-4-7-15/h2-14,30H,1H3,(H,27,28,31). The van der Waals surface area contributed by atoms with E-state index in [1.807, 2.05) is 54.6 Å². The van der Waals surface area contributed by atoms with Crippen molar-refractivity contribution >= 4 is 50.4 Å². The van der Waals surface area contributed by atoms with Gasteiger partial charge in [-0.2, -0.15) is 0 Å². The summed E-state index contributed by atoms with van der Waals surface area (Å²) in [5.41, 5.74) is 3.23. The summed E-state index contributed by atoms with van der Waals surface area (Å²) in [5.74, 6) is -1.06. The third-order valence-corrected chi connectivity index (χ3v) is 8.74. The number of amides is 1. The predicted molar refractivity (Wildman–Crippen MR) is 138 cm³/mol. The predicted octanol–water partition coefficient (Wildman–Crippen LogP) is 5.63. The average molecular weight is 524 g/mol. The molecule has 0 fully saturated rings. The lowest BCUT2D eigenvalue weighted by molar-refractivity contribution is -0.113. The van der Waals surface area contributed by atoms with E-state index in [-0.39, 0.29) is 19.9 Å². The third kappa shape index (κ3) is 4.18. The van der Waals surface area contributed by atoms with E-state index in [1.54, 1.807) is 18.2 Å². The summed E-state index contributed by atoms with van der Waals surface area (Å²) in [7, 11) is -2.84. The second-order valence-corrected chi connectivity index (χ2v) is 11.3. The van der Waals surface area contributed by atoms with Crippen LogP contribution < -0.4 is 5.32 Å². The number of carbonyl (C=O) groups excluding carboxylic acids is 1. The van der Waals surface area contributed by atoms with Crippen molar-refractivity contribution in [3.8, 4) is 22.4 Å². The van der Waals surface area contributed by atoms with Gasteiger partial charge in [-0.05, 0) is 29.3 Å². The summed E-state index contributed by atoms with van der Waals surface area (Å²) in [6.07, 6.45) is 0. The topological polar surface area (TPSA) is 99.6 Å². The van der Waals surface area contributed by atoms with Crippen LogP contribution in [0.4, 0.5) is 5.82 Å². The molecule has 7 nitrogen and oxygen atoms in total. The van der Waals surface area contributed by atoms with E-state index < -0.39 is 27.4 Å². The molecule has 0 aliphatic carbocycles. The van der Waals surface area contributed by atoms with Crippen LogP contribution >= 0.6 is 22.9 Å². The maximum absolute atomic E-state index is 13.0. The Morgan fingerprint density at radius 2 is 1.63 bits per heavy atom. The number of halogens is 1. The lowest BCUT2D eigenvalue weighted by Crippen LogP contribution is -2.36. The zero-order chi connectivity index (χ0) is 24.7. The highest BCUT2D eigenvalue weighted by molar-refractivity contribution is 7.89. The number of aliphatic hydroxyl groups is 1. The van der Waals surface area contributed by atoms with Gasteiger partial charge in [0.25, 0.3) is 15.9 Å².